The molecule has 0 fully saturated rings. The van der Waals surface area contributed by atoms with Crippen molar-refractivity contribution in [3.8, 4) is 0 Å². The average molecular weight is 335 g/mol. The molecule has 122 valence electrons. The molecule has 8 nitrogen and oxygen atoms in total. The van der Waals surface area contributed by atoms with Gasteiger partial charge in [-0.05, 0) is 48.5 Å². The second-order valence-electron chi connectivity index (χ2n) is 4.95. The number of carbonyl (C=O) groups is 2. The molecule has 0 aliphatic rings. The third-order valence-corrected chi connectivity index (χ3v) is 3.67. The van der Waals surface area contributed by atoms with Crippen LogP contribution in [0.4, 0.5) is 5.69 Å². The van der Waals surface area contributed by atoms with E-state index in [9.17, 15) is 9.59 Å². The van der Waals surface area contributed by atoms with Gasteiger partial charge in [-0.3, -0.25) is 4.79 Å². The Morgan fingerprint density at radius 3 is 2.57 bits per heavy atom. The Balaban J connectivity index is 1.86. The molecule has 0 saturated heterocycles. The third kappa shape index (κ3) is 5.06. The van der Waals surface area contributed by atoms with Crippen molar-refractivity contribution in [1.29, 1.82) is 0 Å². The zero-order chi connectivity index (χ0) is 16.8. The van der Waals surface area contributed by atoms with Crippen molar-refractivity contribution in [2.75, 3.05) is 11.1 Å². The Labute approximate surface area is 137 Å². The number of tetrazole rings is 1. The lowest BCUT2D eigenvalue weighted by atomic mass is 10.2. The second kappa shape index (κ2) is 7.73. The fourth-order valence-corrected chi connectivity index (χ4v) is 2.29. The Kier molecular flexibility index (Phi) is 5.69. The van der Waals surface area contributed by atoms with E-state index in [2.05, 4.69) is 20.8 Å². The van der Waals surface area contributed by atoms with E-state index in [1.54, 1.807) is 45.2 Å². The number of rotatable bonds is 6. The van der Waals surface area contributed by atoms with Crippen molar-refractivity contribution in [2.45, 2.75) is 25.1 Å². The summed E-state index contributed by atoms with van der Waals surface area (Å²) >= 11 is 1.24. The van der Waals surface area contributed by atoms with Gasteiger partial charge in [-0.1, -0.05) is 11.8 Å². The molecule has 0 unspecified atom stereocenters. The van der Waals surface area contributed by atoms with Crippen LogP contribution in [0.1, 0.15) is 24.2 Å². The molecular formula is C14H17N5O3S. The van der Waals surface area contributed by atoms with Crippen LogP contribution in [-0.2, 0) is 16.6 Å². The maximum atomic E-state index is 11.9. The SMILES string of the molecule is CC(C)OC(=O)c1ccc(NC(=O)CSc2nnnn2C)cc1. The Hall–Kier alpha value is -2.42. The van der Waals surface area contributed by atoms with E-state index in [0.29, 0.717) is 16.4 Å². The van der Waals surface area contributed by atoms with Crippen molar-refractivity contribution in [2.24, 2.45) is 7.05 Å². The van der Waals surface area contributed by atoms with Crippen molar-refractivity contribution >= 4 is 29.3 Å². The van der Waals surface area contributed by atoms with Gasteiger partial charge in [0.1, 0.15) is 0 Å². The van der Waals surface area contributed by atoms with Crippen LogP contribution in [0.3, 0.4) is 0 Å². The number of nitrogens with zero attached hydrogens (tertiary/aromatic N) is 4. The van der Waals surface area contributed by atoms with Crippen LogP contribution in [0, 0.1) is 0 Å². The smallest absolute Gasteiger partial charge is 0.338 e. The maximum Gasteiger partial charge on any atom is 0.338 e. The summed E-state index contributed by atoms with van der Waals surface area (Å²) in [5, 5.41) is 14.3. The van der Waals surface area contributed by atoms with Crippen LogP contribution in [0.5, 0.6) is 0 Å². The minimum absolute atomic E-state index is 0.172. The fourth-order valence-electron chi connectivity index (χ4n) is 1.64. The van der Waals surface area contributed by atoms with Crippen molar-refractivity contribution in [3.05, 3.63) is 29.8 Å². The number of thioether (sulfide) groups is 1. The molecule has 0 bridgehead atoms. The number of amides is 1. The topological polar surface area (TPSA) is 99.0 Å². The van der Waals surface area contributed by atoms with Gasteiger partial charge in [-0.25, -0.2) is 9.48 Å². The summed E-state index contributed by atoms with van der Waals surface area (Å²) < 4.78 is 6.59. The summed E-state index contributed by atoms with van der Waals surface area (Å²) in [5.41, 5.74) is 1.05. The molecule has 1 amide bonds. The second-order valence-corrected chi connectivity index (χ2v) is 5.90. The van der Waals surface area contributed by atoms with Crippen LogP contribution in [0.2, 0.25) is 0 Å². The van der Waals surface area contributed by atoms with Gasteiger partial charge in [0, 0.05) is 12.7 Å². The van der Waals surface area contributed by atoms with Crippen molar-refractivity contribution < 1.29 is 14.3 Å². The molecule has 1 aromatic carbocycles. The van der Waals surface area contributed by atoms with E-state index in [4.69, 9.17) is 4.74 Å². The van der Waals surface area contributed by atoms with Crippen molar-refractivity contribution in [1.82, 2.24) is 20.2 Å². The average Bonchev–Trinajstić information content (AvgIpc) is 2.90. The molecule has 2 rings (SSSR count). The van der Waals surface area contributed by atoms with Crippen molar-refractivity contribution in [3.63, 3.8) is 0 Å². The lowest BCUT2D eigenvalue weighted by Crippen LogP contribution is -2.15. The number of aryl methyl sites for hydroxylation is 1. The standard InChI is InChI=1S/C14H17N5O3S/c1-9(2)22-13(21)10-4-6-11(7-5-10)15-12(20)8-23-14-16-17-18-19(14)3/h4-7,9H,8H2,1-3H3,(H,15,20). The van der Waals surface area contributed by atoms with Gasteiger partial charge in [0.25, 0.3) is 0 Å². The molecule has 23 heavy (non-hydrogen) atoms. The highest BCUT2D eigenvalue weighted by Gasteiger charge is 2.10. The summed E-state index contributed by atoms with van der Waals surface area (Å²) in [7, 11) is 1.70. The summed E-state index contributed by atoms with van der Waals surface area (Å²) in [6, 6.07) is 6.53. The molecule has 2 aromatic rings. The monoisotopic (exact) mass is 335 g/mol. The first-order valence-electron chi connectivity index (χ1n) is 6.91. The van der Waals surface area contributed by atoms with Crippen LogP contribution < -0.4 is 5.32 Å². The summed E-state index contributed by atoms with van der Waals surface area (Å²) in [4.78, 5) is 23.6. The van der Waals surface area contributed by atoms with Gasteiger partial charge in [-0.2, -0.15) is 0 Å². The summed E-state index contributed by atoms with van der Waals surface area (Å²) in [6.45, 7) is 3.58. The molecule has 0 aliphatic carbocycles. The van der Waals surface area contributed by atoms with Crippen LogP contribution in [0.15, 0.2) is 29.4 Å². The number of esters is 1. The number of hydrogen-bond donors (Lipinski definition) is 1. The van der Waals surface area contributed by atoms with E-state index >= 15 is 0 Å². The molecule has 9 heteroatoms. The Bertz CT molecular complexity index is 684. The molecule has 0 radical (unpaired) electrons. The van der Waals surface area contributed by atoms with Crippen LogP contribution in [-0.4, -0.2) is 43.9 Å². The van der Waals surface area contributed by atoms with E-state index in [0.717, 1.165) is 0 Å². The van der Waals surface area contributed by atoms with Gasteiger partial charge < -0.3 is 10.1 Å². The third-order valence-electron chi connectivity index (χ3n) is 2.66. The molecular weight excluding hydrogens is 318 g/mol. The first kappa shape index (κ1) is 16.9. The fraction of sp³-hybridized carbons (Fsp3) is 0.357. The lowest BCUT2D eigenvalue weighted by molar-refractivity contribution is -0.113. The number of anilines is 1. The summed E-state index contributed by atoms with van der Waals surface area (Å²) in [5.74, 6) is -0.385. The van der Waals surface area contributed by atoms with E-state index in [1.807, 2.05) is 0 Å². The highest BCUT2D eigenvalue weighted by atomic mass is 32.2. The van der Waals surface area contributed by atoms with Gasteiger partial charge >= 0.3 is 5.97 Å². The van der Waals surface area contributed by atoms with E-state index in [-0.39, 0.29) is 23.7 Å². The number of aromatic nitrogens is 4. The largest absolute Gasteiger partial charge is 0.459 e. The molecule has 0 saturated carbocycles. The first-order valence-corrected chi connectivity index (χ1v) is 7.90. The first-order chi connectivity index (χ1) is 11.0. The van der Waals surface area contributed by atoms with Crippen LogP contribution >= 0.6 is 11.8 Å². The van der Waals surface area contributed by atoms with Crippen LogP contribution in [0.25, 0.3) is 0 Å². The van der Waals surface area contributed by atoms with E-state index < -0.39 is 0 Å². The lowest BCUT2D eigenvalue weighted by Gasteiger charge is -2.09. The van der Waals surface area contributed by atoms with Gasteiger partial charge in [0.05, 0.1) is 17.4 Å². The van der Waals surface area contributed by atoms with Gasteiger partial charge in [0.15, 0.2) is 0 Å². The minimum Gasteiger partial charge on any atom is -0.459 e. The Morgan fingerprint density at radius 1 is 1.30 bits per heavy atom. The number of nitrogens with one attached hydrogen (secondary N) is 1. The molecule has 1 aromatic heterocycles. The summed E-state index contributed by atoms with van der Waals surface area (Å²) in [6.07, 6.45) is -0.172. The molecule has 0 aliphatic heterocycles. The predicted octanol–water partition coefficient (Wildman–Crippen LogP) is 1.51. The normalized spacial score (nSPS) is 10.6. The zero-order valence-corrected chi connectivity index (χ0v) is 13.8. The van der Waals surface area contributed by atoms with E-state index in [1.165, 1.54) is 16.4 Å². The quantitative estimate of drug-likeness (QED) is 0.631. The maximum absolute atomic E-state index is 11.9. The highest BCUT2D eigenvalue weighted by molar-refractivity contribution is 7.99. The predicted molar refractivity (Wildman–Crippen MR) is 85.1 cm³/mol. The zero-order valence-electron chi connectivity index (χ0n) is 13.0. The molecule has 1 N–H and O–H groups in total. The highest BCUT2D eigenvalue weighted by Crippen LogP contribution is 2.15. The molecule has 0 spiro atoms. The molecule has 0 atom stereocenters. The number of benzene rings is 1. The minimum atomic E-state index is -0.386. The number of carbonyl (C=O) groups excluding carboxylic acids is 2. The number of ether oxygens (including phenoxy) is 1. The van der Waals surface area contributed by atoms with Gasteiger partial charge in [-0.15, -0.1) is 5.10 Å². The number of hydrogen-bond acceptors (Lipinski definition) is 7. The Morgan fingerprint density at radius 2 is 2.00 bits per heavy atom. The van der Waals surface area contributed by atoms with Gasteiger partial charge in [0.2, 0.25) is 11.1 Å². The molecule has 1 heterocycles.